The third kappa shape index (κ3) is 6.38. The number of carboxylic acid groups (broad SMARTS) is 1. The maximum Gasteiger partial charge on any atom is 0.311 e. The van der Waals surface area contributed by atoms with Crippen LogP contribution in [0.1, 0.15) is 52.8 Å². The molecule has 40 heavy (non-hydrogen) atoms. The van der Waals surface area contributed by atoms with Crippen molar-refractivity contribution in [3.05, 3.63) is 137 Å². The zero-order valence-corrected chi connectivity index (χ0v) is 22.5. The minimum atomic E-state index is -0.825. The fourth-order valence-corrected chi connectivity index (χ4v) is 5.14. The summed E-state index contributed by atoms with van der Waals surface area (Å²) in [4.78, 5) is 12.0. The molecule has 5 nitrogen and oxygen atoms in total. The van der Waals surface area contributed by atoms with E-state index in [9.17, 15) is 15.0 Å². The van der Waals surface area contributed by atoms with Gasteiger partial charge in [0.25, 0.3) is 0 Å². The summed E-state index contributed by atoms with van der Waals surface area (Å²) in [5.74, 6) is -0.659. The van der Waals surface area contributed by atoms with Crippen LogP contribution in [0, 0.1) is 6.92 Å². The molecule has 0 saturated carbocycles. The Morgan fingerprint density at radius 1 is 0.775 bits per heavy atom. The summed E-state index contributed by atoms with van der Waals surface area (Å²) >= 11 is 0. The van der Waals surface area contributed by atoms with Gasteiger partial charge in [-0.05, 0) is 60.4 Å². The molecule has 5 aromatic rings. The second-order valence-electron chi connectivity index (χ2n) is 10.2. The molecule has 0 saturated heterocycles. The Morgan fingerprint density at radius 2 is 1.35 bits per heavy atom. The number of aromatic nitrogens is 1. The second-order valence-corrected chi connectivity index (χ2v) is 10.2. The molecule has 5 rings (SSSR count). The van der Waals surface area contributed by atoms with Crippen molar-refractivity contribution in [2.45, 2.75) is 44.6 Å². The summed E-state index contributed by atoms with van der Waals surface area (Å²) in [6, 6.07) is 35.4. The van der Waals surface area contributed by atoms with Crippen molar-refractivity contribution in [1.29, 1.82) is 0 Å². The number of aliphatic hydroxyl groups excluding tert-OH is 1. The lowest BCUT2D eigenvalue weighted by atomic mass is 9.90. The lowest BCUT2D eigenvalue weighted by molar-refractivity contribution is -0.138. The molecule has 2 atom stereocenters. The molecule has 1 aromatic heterocycles. The molecule has 2 unspecified atom stereocenters. The third-order valence-corrected chi connectivity index (χ3v) is 7.45. The highest BCUT2D eigenvalue weighted by molar-refractivity contribution is 5.77. The molecule has 0 aliphatic heterocycles. The van der Waals surface area contributed by atoms with E-state index in [1.54, 1.807) is 0 Å². The number of nitrogens with zero attached hydrogens (tertiary/aromatic N) is 1. The van der Waals surface area contributed by atoms with E-state index < -0.39 is 18.0 Å². The van der Waals surface area contributed by atoms with Crippen molar-refractivity contribution >= 4 is 5.97 Å². The Kier molecular flexibility index (Phi) is 8.53. The van der Waals surface area contributed by atoms with Gasteiger partial charge in [0.05, 0.1) is 17.7 Å². The maximum absolute atomic E-state index is 12.0. The van der Waals surface area contributed by atoms with E-state index in [1.807, 2.05) is 116 Å². The van der Waals surface area contributed by atoms with Crippen LogP contribution in [0.25, 0.3) is 22.5 Å². The molecule has 202 valence electrons. The quantitative estimate of drug-likeness (QED) is 0.182. The van der Waals surface area contributed by atoms with Crippen LogP contribution in [0.5, 0.6) is 0 Å². The van der Waals surface area contributed by atoms with Gasteiger partial charge >= 0.3 is 5.97 Å². The van der Waals surface area contributed by atoms with Crippen molar-refractivity contribution in [3.63, 3.8) is 0 Å². The first-order valence-electron chi connectivity index (χ1n) is 13.6. The van der Waals surface area contributed by atoms with Crippen LogP contribution in [0.15, 0.2) is 114 Å². The Balaban J connectivity index is 1.26. The average molecular weight is 532 g/mol. The smallest absolute Gasteiger partial charge is 0.311 e. The monoisotopic (exact) mass is 531 g/mol. The number of benzene rings is 4. The van der Waals surface area contributed by atoms with Gasteiger partial charge in [-0.3, -0.25) is 4.79 Å². The summed E-state index contributed by atoms with van der Waals surface area (Å²) < 4.78 is 5.71. The molecule has 1 heterocycles. The molecule has 0 amide bonds. The molecule has 0 aliphatic rings. The van der Waals surface area contributed by atoms with E-state index >= 15 is 0 Å². The number of carboxylic acids is 1. The van der Waals surface area contributed by atoms with E-state index in [0.717, 1.165) is 63.2 Å². The minimum Gasteiger partial charge on any atom is -0.481 e. The fraction of sp³-hybridized carbons (Fsp3) is 0.200. The molecule has 0 spiro atoms. The van der Waals surface area contributed by atoms with Gasteiger partial charge in [0.15, 0.2) is 5.76 Å². The van der Waals surface area contributed by atoms with Crippen LogP contribution in [-0.2, 0) is 17.6 Å². The molecule has 0 aliphatic carbocycles. The van der Waals surface area contributed by atoms with Crippen molar-refractivity contribution in [3.8, 4) is 22.5 Å². The minimum absolute atomic E-state index is 0.453. The lowest BCUT2D eigenvalue weighted by Gasteiger charge is -2.14. The summed E-state index contributed by atoms with van der Waals surface area (Å²) in [5.41, 5.74) is 7.66. The van der Waals surface area contributed by atoms with Crippen molar-refractivity contribution < 1.29 is 19.5 Å². The standard InChI is InChI=1S/C35H33NO4/c1-24-31(13-8-14-33(37)29-11-6-3-7-12-29)34(40-36-24)30-21-17-27(18-22-30)26-15-19-28(20-16-26)32(35(38)39)23-25-9-4-2-5-10-25/h2-7,9-12,15-22,32-33,37H,8,13-14,23H2,1H3,(H,38,39). The summed E-state index contributed by atoms with van der Waals surface area (Å²) in [6.45, 7) is 1.95. The zero-order chi connectivity index (χ0) is 27.9. The number of hydrogen-bond donors (Lipinski definition) is 2. The SMILES string of the molecule is Cc1noc(-c2ccc(-c3ccc(C(Cc4ccccc4)C(=O)O)cc3)cc2)c1CCCC(O)c1ccccc1. The van der Waals surface area contributed by atoms with Crippen LogP contribution in [0.3, 0.4) is 0 Å². The molecule has 4 aromatic carbocycles. The van der Waals surface area contributed by atoms with Crippen molar-refractivity contribution in [2.75, 3.05) is 0 Å². The van der Waals surface area contributed by atoms with Crippen molar-refractivity contribution in [1.82, 2.24) is 5.16 Å². The molecular formula is C35H33NO4. The Hall–Kier alpha value is -4.48. The number of carbonyl (C=O) groups is 1. The second kappa shape index (κ2) is 12.6. The summed E-state index contributed by atoms with van der Waals surface area (Å²) in [6.07, 6.45) is 2.22. The van der Waals surface area contributed by atoms with E-state index in [2.05, 4.69) is 5.16 Å². The summed E-state index contributed by atoms with van der Waals surface area (Å²) in [5, 5.41) is 24.6. The van der Waals surface area contributed by atoms with E-state index in [0.29, 0.717) is 12.8 Å². The van der Waals surface area contributed by atoms with Gasteiger partial charge in [-0.15, -0.1) is 0 Å². The highest BCUT2D eigenvalue weighted by Crippen LogP contribution is 2.31. The van der Waals surface area contributed by atoms with Gasteiger partial charge in [-0.2, -0.15) is 0 Å². The van der Waals surface area contributed by atoms with Crippen LogP contribution in [0.4, 0.5) is 0 Å². The lowest BCUT2D eigenvalue weighted by Crippen LogP contribution is -2.14. The molecular weight excluding hydrogens is 498 g/mol. The van der Waals surface area contributed by atoms with Gasteiger partial charge in [-0.1, -0.05) is 114 Å². The van der Waals surface area contributed by atoms with Crippen molar-refractivity contribution in [2.24, 2.45) is 0 Å². The predicted octanol–water partition coefficient (Wildman–Crippen LogP) is 7.78. The maximum atomic E-state index is 12.0. The van der Waals surface area contributed by atoms with Crippen LogP contribution in [-0.4, -0.2) is 21.3 Å². The topological polar surface area (TPSA) is 83.6 Å². The number of rotatable bonds is 11. The van der Waals surface area contributed by atoms with Crippen LogP contribution >= 0.6 is 0 Å². The molecule has 2 N–H and O–H groups in total. The molecule has 5 heteroatoms. The van der Waals surface area contributed by atoms with E-state index in [4.69, 9.17) is 4.52 Å². The van der Waals surface area contributed by atoms with Gasteiger partial charge in [-0.25, -0.2) is 0 Å². The van der Waals surface area contributed by atoms with Gasteiger partial charge in [0, 0.05) is 11.1 Å². The highest BCUT2D eigenvalue weighted by atomic mass is 16.5. The van der Waals surface area contributed by atoms with Gasteiger partial charge < -0.3 is 14.7 Å². The Morgan fingerprint density at radius 3 is 1.98 bits per heavy atom. The van der Waals surface area contributed by atoms with E-state index in [-0.39, 0.29) is 0 Å². The van der Waals surface area contributed by atoms with Crippen LogP contribution < -0.4 is 0 Å². The Bertz CT molecular complexity index is 1520. The van der Waals surface area contributed by atoms with Gasteiger partial charge in [0.2, 0.25) is 0 Å². The fourth-order valence-electron chi connectivity index (χ4n) is 5.14. The predicted molar refractivity (Wildman–Crippen MR) is 157 cm³/mol. The van der Waals surface area contributed by atoms with Crippen LogP contribution in [0.2, 0.25) is 0 Å². The molecule has 0 radical (unpaired) electrons. The van der Waals surface area contributed by atoms with E-state index in [1.165, 1.54) is 0 Å². The zero-order valence-electron chi connectivity index (χ0n) is 22.5. The highest BCUT2D eigenvalue weighted by Gasteiger charge is 2.21. The average Bonchev–Trinajstić information content (AvgIpc) is 3.36. The first kappa shape index (κ1) is 27.1. The van der Waals surface area contributed by atoms with Gasteiger partial charge in [0.1, 0.15) is 0 Å². The first-order valence-corrected chi connectivity index (χ1v) is 13.6. The first-order chi connectivity index (χ1) is 19.5. The Labute approximate surface area is 234 Å². The number of aliphatic hydroxyl groups is 1. The molecule has 0 bridgehead atoms. The largest absolute Gasteiger partial charge is 0.481 e. The molecule has 0 fully saturated rings. The summed E-state index contributed by atoms with van der Waals surface area (Å²) in [7, 11) is 0. The number of aliphatic carboxylic acids is 1. The third-order valence-electron chi connectivity index (χ3n) is 7.45. The number of hydrogen-bond acceptors (Lipinski definition) is 4. The normalized spacial score (nSPS) is 12.7. The number of aryl methyl sites for hydroxylation is 1.